The number of rotatable bonds is 7. The molecule has 1 fully saturated rings. The lowest BCUT2D eigenvalue weighted by atomic mass is 10.0. The van der Waals surface area contributed by atoms with Crippen LogP contribution in [0.25, 0.3) is 11.5 Å². The molecule has 1 saturated heterocycles. The number of amides is 1. The normalized spacial score (nSPS) is 13.1. The lowest BCUT2D eigenvalue weighted by Crippen LogP contribution is -2.48. The lowest BCUT2D eigenvalue weighted by molar-refractivity contribution is -0.121. The fourth-order valence-corrected chi connectivity index (χ4v) is 3.32. The highest BCUT2D eigenvalue weighted by molar-refractivity contribution is 5.93. The van der Waals surface area contributed by atoms with Gasteiger partial charge in [0.15, 0.2) is 5.82 Å². The Morgan fingerprint density at radius 2 is 1.59 bits per heavy atom. The third-order valence-corrected chi connectivity index (χ3v) is 5.25. The predicted octanol–water partition coefficient (Wildman–Crippen LogP) is 3.28. The number of nitrogens with zero attached hydrogens (tertiary/aromatic N) is 5. The molecule has 0 atom stereocenters. The second-order valence-corrected chi connectivity index (χ2v) is 7.87. The quantitative estimate of drug-likeness (QED) is 0.333. The predicted molar refractivity (Wildman–Crippen MR) is 130 cm³/mol. The minimum absolute atomic E-state index is 0.0348. The van der Waals surface area contributed by atoms with Crippen LogP contribution in [0.2, 0.25) is 0 Å². The first kappa shape index (κ1) is 21.4. The van der Waals surface area contributed by atoms with Crippen LogP contribution in [0.5, 0.6) is 0 Å². The molecule has 4 aromatic rings. The molecule has 34 heavy (non-hydrogen) atoms. The molecule has 1 aliphatic rings. The van der Waals surface area contributed by atoms with Crippen molar-refractivity contribution in [3.05, 3.63) is 72.7 Å². The van der Waals surface area contributed by atoms with E-state index in [4.69, 9.17) is 0 Å². The van der Waals surface area contributed by atoms with E-state index < -0.39 is 0 Å². The van der Waals surface area contributed by atoms with Crippen molar-refractivity contribution in [3.63, 3.8) is 0 Å². The topological polar surface area (TPSA) is 130 Å². The summed E-state index contributed by atoms with van der Waals surface area (Å²) in [5.74, 6) is 2.21. The fraction of sp³-hybridized carbons (Fsp3) is 0.167. The summed E-state index contributed by atoms with van der Waals surface area (Å²) >= 11 is 0. The van der Waals surface area contributed by atoms with Crippen molar-refractivity contribution >= 4 is 34.9 Å². The number of benzene rings is 1. The smallest absolute Gasteiger partial charge is 0.230 e. The maximum Gasteiger partial charge on any atom is 0.230 e. The van der Waals surface area contributed by atoms with E-state index in [0.29, 0.717) is 29.1 Å². The van der Waals surface area contributed by atoms with Crippen LogP contribution in [0.4, 0.5) is 29.0 Å². The minimum atomic E-state index is 0.0348. The SMILES string of the molecule is Cc1cccc(-c2nccc(Nc3ccnc(Nc4ccc(NC(=O)C5CNC5)cc4)n3)n2)n1. The molecule has 1 amide bonds. The zero-order chi connectivity index (χ0) is 23.3. The van der Waals surface area contributed by atoms with Gasteiger partial charge in [-0.2, -0.15) is 4.98 Å². The first-order chi connectivity index (χ1) is 16.6. The van der Waals surface area contributed by atoms with Crippen LogP contribution in [0.1, 0.15) is 5.69 Å². The first-order valence-electron chi connectivity index (χ1n) is 10.9. The van der Waals surface area contributed by atoms with Crippen LogP contribution in [-0.2, 0) is 4.79 Å². The van der Waals surface area contributed by atoms with Gasteiger partial charge in [0.2, 0.25) is 11.9 Å². The van der Waals surface area contributed by atoms with Gasteiger partial charge in [0.1, 0.15) is 17.3 Å². The molecule has 4 N–H and O–H groups in total. The molecule has 3 aromatic heterocycles. The van der Waals surface area contributed by atoms with Crippen LogP contribution < -0.4 is 21.3 Å². The van der Waals surface area contributed by atoms with Crippen molar-refractivity contribution < 1.29 is 4.79 Å². The van der Waals surface area contributed by atoms with E-state index >= 15 is 0 Å². The van der Waals surface area contributed by atoms with Gasteiger partial charge in [-0.3, -0.25) is 4.79 Å². The number of pyridine rings is 1. The van der Waals surface area contributed by atoms with Gasteiger partial charge in [-0.25, -0.2) is 19.9 Å². The zero-order valence-electron chi connectivity index (χ0n) is 18.5. The largest absolute Gasteiger partial charge is 0.326 e. The Bertz CT molecular complexity index is 1310. The van der Waals surface area contributed by atoms with E-state index in [1.165, 1.54) is 0 Å². The Morgan fingerprint density at radius 1 is 0.853 bits per heavy atom. The van der Waals surface area contributed by atoms with Crippen LogP contribution in [0.3, 0.4) is 0 Å². The summed E-state index contributed by atoms with van der Waals surface area (Å²) in [6, 6.07) is 16.7. The number of carbonyl (C=O) groups excluding carboxylic acids is 1. The summed E-state index contributed by atoms with van der Waals surface area (Å²) < 4.78 is 0. The van der Waals surface area contributed by atoms with Gasteiger partial charge >= 0.3 is 0 Å². The monoisotopic (exact) mass is 453 g/mol. The molecule has 10 heteroatoms. The Hall–Kier alpha value is -4.44. The molecular formula is C24H23N9O. The van der Waals surface area contributed by atoms with Gasteiger partial charge in [0.25, 0.3) is 0 Å². The number of carbonyl (C=O) groups is 1. The Balaban J connectivity index is 1.24. The molecule has 0 saturated carbocycles. The molecule has 0 aliphatic carbocycles. The molecule has 4 heterocycles. The highest BCUT2D eigenvalue weighted by Crippen LogP contribution is 2.20. The van der Waals surface area contributed by atoms with E-state index in [-0.39, 0.29) is 11.8 Å². The molecule has 0 radical (unpaired) electrons. The summed E-state index contributed by atoms with van der Waals surface area (Å²) in [7, 11) is 0. The number of aryl methyl sites for hydroxylation is 1. The lowest BCUT2D eigenvalue weighted by Gasteiger charge is -2.25. The van der Waals surface area contributed by atoms with Crippen molar-refractivity contribution in [2.24, 2.45) is 5.92 Å². The highest BCUT2D eigenvalue weighted by Gasteiger charge is 2.24. The zero-order valence-corrected chi connectivity index (χ0v) is 18.5. The van der Waals surface area contributed by atoms with E-state index in [9.17, 15) is 4.79 Å². The van der Waals surface area contributed by atoms with Gasteiger partial charge < -0.3 is 21.3 Å². The van der Waals surface area contributed by atoms with Crippen LogP contribution in [-0.4, -0.2) is 43.9 Å². The van der Waals surface area contributed by atoms with Crippen LogP contribution in [0.15, 0.2) is 67.0 Å². The Kier molecular flexibility index (Phi) is 6.04. The number of anilines is 5. The van der Waals surface area contributed by atoms with E-state index in [2.05, 4.69) is 46.2 Å². The molecule has 1 aromatic carbocycles. The van der Waals surface area contributed by atoms with Crippen molar-refractivity contribution in [1.82, 2.24) is 30.2 Å². The molecule has 0 spiro atoms. The molecule has 5 rings (SSSR count). The van der Waals surface area contributed by atoms with Gasteiger partial charge in [-0.15, -0.1) is 0 Å². The molecule has 1 aliphatic heterocycles. The second kappa shape index (κ2) is 9.59. The molecular weight excluding hydrogens is 430 g/mol. The summed E-state index contributed by atoms with van der Waals surface area (Å²) in [6.45, 7) is 3.39. The highest BCUT2D eigenvalue weighted by atomic mass is 16.2. The van der Waals surface area contributed by atoms with Gasteiger partial charge in [0.05, 0.1) is 5.92 Å². The Labute approximate surface area is 196 Å². The summed E-state index contributed by atoms with van der Waals surface area (Å²) in [6.07, 6.45) is 3.33. The van der Waals surface area contributed by atoms with E-state index in [1.807, 2.05) is 49.4 Å². The standard InChI is InChI=1S/C24H23N9O/c1-15-3-2-4-19(28-15)22-26-11-9-20(32-22)31-21-10-12-27-24(33-21)30-18-7-5-17(6-8-18)29-23(34)16-13-25-14-16/h2-12,16,25H,13-14H2,1H3,(H,29,34)(H2,26,27,30,31,32,33). The van der Waals surface area contributed by atoms with E-state index in [0.717, 1.165) is 30.2 Å². The second-order valence-electron chi connectivity index (χ2n) is 7.87. The number of nitrogens with one attached hydrogen (secondary N) is 4. The first-order valence-corrected chi connectivity index (χ1v) is 10.9. The molecule has 0 bridgehead atoms. The van der Waals surface area contributed by atoms with Crippen molar-refractivity contribution in [2.75, 3.05) is 29.0 Å². The van der Waals surface area contributed by atoms with Gasteiger partial charge in [-0.05, 0) is 55.5 Å². The van der Waals surface area contributed by atoms with E-state index in [1.54, 1.807) is 24.5 Å². The average molecular weight is 454 g/mol. The van der Waals surface area contributed by atoms with Crippen molar-refractivity contribution in [2.45, 2.75) is 6.92 Å². The average Bonchev–Trinajstić information content (AvgIpc) is 2.80. The molecule has 10 nitrogen and oxygen atoms in total. The van der Waals surface area contributed by atoms with Crippen LogP contribution >= 0.6 is 0 Å². The van der Waals surface area contributed by atoms with Gasteiger partial charge in [0, 0.05) is 42.6 Å². The third kappa shape index (κ3) is 5.13. The van der Waals surface area contributed by atoms with Crippen molar-refractivity contribution in [3.8, 4) is 11.5 Å². The summed E-state index contributed by atoms with van der Waals surface area (Å²) in [5, 5.41) is 12.4. The number of hydrogen-bond acceptors (Lipinski definition) is 9. The maximum absolute atomic E-state index is 12.1. The third-order valence-electron chi connectivity index (χ3n) is 5.25. The maximum atomic E-state index is 12.1. The minimum Gasteiger partial charge on any atom is -0.326 e. The van der Waals surface area contributed by atoms with Gasteiger partial charge in [-0.1, -0.05) is 6.07 Å². The number of hydrogen-bond donors (Lipinski definition) is 4. The summed E-state index contributed by atoms with van der Waals surface area (Å²) in [5.41, 5.74) is 3.16. The van der Waals surface area contributed by atoms with Crippen LogP contribution in [0, 0.1) is 12.8 Å². The number of aromatic nitrogens is 5. The van der Waals surface area contributed by atoms with Crippen molar-refractivity contribution in [1.29, 1.82) is 0 Å². The molecule has 0 unspecified atom stereocenters. The molecule has 170 valence electrons. The summed E-state index contributed by atoms with van der Waals surface area (Å²) in [4.78, 5) is 34.2. The Morgan fingerprint density at radius 3 is 2.32 bits per heavy atom. The fourth-order valence-electron chi connectivity index (χ4n) is 3.32.